The Labute approximate surface area is 118 Å². The van der Waals surface area contributed by atoms with Crippen LogP contribution in [-0.2, 0) is 4.79 Å². The second kappa shape index (κ2) is 7.23. The van der Waals surface area contributed by atoms with Gasteiger partial charge in [0, 0.05) is 17.4 Å². The molecule has 20 heavy (non-hydrogen) atoms. The second-order valence-electron chi connectivity index (χ2n) is 3.86. The summed E-state index contributed by atoms with van der Waals surface area (Å²) in [6.45, 7) is 1.71. The normalized spacial score (nSPS) is 11.8. The van der Waals surface area contributed by atoms with Crippen molar-refractivity contribution < 1.29 is 27.8 Å². The van der Waals surface area contributed by atoms with Gasteiger partial charge in [0.25, 0.3) is 0 Å². The summed E-state index contributed by atoms with van der Waals surface area (Å²) in [4.78, 5) is 10.5. The number of alkyl halides is 3. The Morgan fingerprint density at radius 2 is 2.15 bits per heavy atom. The average Bonchev–Trinajstić information content (AvgIpc) is 2.32. The first kappa shape index (κ1) is 16.4. The number of carboxylic acids is 1. The fraction of sp³-hybridized carbons (Fsp3) is 0.308. The molecule has 0 amide bonds. The lowest BCUT2D eigenvalue weighted by Gasteiger charge is -2.10. The highest BCUT2D eigenvalue weighted by Crippen LogP contribution is 2.30. The lowest BCUT2D eigenvalue weighted by Crippen LogP contribution is -2.08. The fourth-order valence-corrected chi connectivity index (χ4v) is 1.80. The summed E-state index contributed by atoms with van der Waals surface area (Å²) >= 11 is -0.157. The molecule has 0 saturated carbocycles. The molecule has 1 aromatic rings. The third kappa shape index (κ3) is 6.51. The van der Waals surface area contributed by atoms with E-state index >= 15 is 0 Å². The number of hydrogen-bond acceptors (Lipinski definition) is 3. The van der Waals surface area contributed by atoms with Crippen LogP contribution < -0.4 is 4.74 Å². The van der Waals surface area contributed by atoms with Crippen molar-refractivity contribution in [3.63, 3.8) is 0 Å². The molecule has 3 nitrogen and oxygen atoms in total. The molecule has 0 radical (unpaired) electrons. The highest BCUT2D eigenvalue weighted by molar-refractivity contribution is 8.00. The largest absolute Gasteiger partial charge is 0.492 e. The third-order valence-corrected chi connectivity index (χ3v) is 2.88. The maximum atomic E-state index is 12.0. The van der Waals surface area contributed by atoms with Gasteiger partial charge in [0.05, 0.1) is 6.61 Å². The molecular formula is C13H13F3O3S. The molecule has 0 fully saturated rings. The monoisotopic (exact) mass is 306 g/mol. The molecule has 0 aliphatic rings. The van der Waals surface area contributed by atoms with E-state index in [2.05, 4.69) is 0 Å². The van der Waals surface area contributed by atoms with Crippen LogP contribution in [-0.4, -0.2) is 28.9 Å². The molecule has 0 unspecified atom stereocenters. The van der Waals surface area contributed by atoms with Gasteiger partial charge in [-0.3, -0.25) is 0 Å². The van der Waals surface area contributed by atoms with Crippen molar-refractivity contribution in [1.29, 1.82) is 0 Å². The Morgan fingerprint density at radius 1 is 1.45 bits per heavy atom. The van der Waals surface area contributed by atoms with Crippen LogP contribution in [0.15, 0.2) is 24.3 Å². The molecule has 0 aliphatic carbocycles. The zero-order chi connectivity index (χ0) is 15.2. The molecule has 0 saturated heterocycles. The molecule has 0 aromatic heterocycles. The van der Waals surface area contributed by atoms with Crippen LogP contribution in [0.25, 0.3) is 6.08 Å². The van der Waals surface area contributed by atoms with Gasteiger partial charge < -0.3 is 9.84 Å². The van der Waals surface area contributed by atoms with Crippen molar-refractivity contribution >= 4 is 23.8 Å². The topological polar surface area (TPSA) is 46.5 Å². The minimum atomic E-state index is -4.28. The number of carboxylic acid groups (broad SMARTS) is 1. The lowest BCUT2D eigenvalue weighted by atomic mass is 10.1. The molecule has 1 rings (SSSR count). The summed E-state index contributed by atoms with van der Waals surface area (Å²) in [7, 11) is 0. The first-order chi connectivity index (χ1) is 9.28. The highest BCUT2D eigenvalue weighted by Gasteiger charge is 2.27. The predicted molar refractivity (Wildman–Crippen MR) is 71.9 cm³/mol. The summed E-state index contributed by atoms with van der Waals surface area (Å²) in [6.07, 6.45) is 2.30. The SMILES string of the molecule is Cc1ccc(OCCSC(F)(F)F)c(/C=C/C(=O)O)c1. The molecule has 0 aliphatic heterocycles. The molecule has 1 N–H and O–H groups in total. The predicted octanol–water partition coefficient (Wildman–Crippen LogP) is 3.72. The van der Waals surface area contributed by atoms with Crippen molar-refractivity contribution in [1.82, 2.24) is 0 Å². The molecule has 0 heterocycles. The average molecular weight is 306 g/mol. The van der Waals surface area contributed by atoms with Crippen molar-refractivity contribution in [3.05, 3.63) is 35.4 Å². The smallest absolute Gasteiger partial charge is 0.441 e. The highest BCUT2D eigenvalue weighted by atomic mass is 32.2. The zero-order valence-corrected chi connectivity index (χ0v) is 11.4. The quantitative estimate of drug-likeness (QED) is 0.642. The molecule has 1 aromatic carbocycles. The van der Waals surface area contributed by atoms with Gasteiger partial charge in [-0.25, -0.2) is 4.79 Å². The molecule has 110 valence electrons. The zero-order valence-electron chi connectivity index (χ0n) is 10.6. The number of thioether (sulfide) groups is 1. The molecule has 7 heteroatoms. The Balaban J connectivity index is 2.67. The van der Waals surface area contributed by atoms with Crippen molar-refractivity contribution in [2.75, 3.05) is 12.4 Å². The van der Waals surface area contributed by atoms with Gasteiger partial charge in [0.1, 0.15) is 5.75 Å². The first-order valence-electron chi connectivity index (χ1n) is 5.63. The Hall–Kier alpha value is -1.63. The van der Waals surface area contributed by atoms with E-state index in [4.69, 9.17) is 9.84 Å². The first-order valence-corrected chi connectivity index (χ1v) is 6.61. The van der Waals surface area contributed by atoms with Crippen LogP contribution >= 0.6 is 11.8 Å². The number of carbonyl (C=O) groups is 1. The number of hydrogen-bond donors (Lipinski definition) is 1. The van der Waals surface area contributed by atoms with E-state index in [-0.39, 0.29) is 24.1 Å². The maximum absolute atomic E-state index is 12.0. The van der Waals surface area contributed by atoms with Crippen LogP contribution in [0.2, 0.25) is 0 Å². The number of aliphatic carboxylic acids is 1. The van der Waals surface area contributed by atoms with Crippen molar-refractivity contribution in [3.8, 4) is 5.75 Å². The van der Waals surface area contributed by atoms with E-state index < -0.39 is 11.5 Å². The fourth-order valence-electron chi connectivity index (χ4n) is 1.40. The van der Waals surface area contributed by atoms with E-state index in [0.717, 1.165) is 11.6 Å². The summed E-state index contributed by atoms with van der Waals surface area (Å²) in [5.74, 6) is -0.972. The van der Waals surface area contributed by atoms with Gasteiger partial charge in [0.15, 0.2) is 0 Å². The van der Waals surface area contributed by atoms with E-state index in [9.17, 15) is 18.0 Å². The van der Waals surface area contributed by atoms with Crippen LogP contribution in [0.5, 0.6) is 5.75 Å². The van der Waals surface area contributed by atoms with Gasteiger partial charge in [-0.05, 0) is 36.9 Å². The van der Waals surface area contributed by atoms with Crippen molar-refractivity contribution in [2.24, 2.45) is 0 Å². The van der Waals surface area contributed by atoms with Crippen LogP contribution in [0.3, 0.4) is 0 Å². The standard InChI is InChI=1S/C13H13F3O3S/c1-9-2-4-11(10(8-9)3-5-12(17)18)19-6-7-20-13(14,15)16/h2-5,8H,6-7H2,1H3,(H,17,18)/b5-3+. The van der Waals surface area contributed by atoms with Crippen molar-refractivity contribution in [2.45, 2.75) is 12.4 Å². The Morgan fingerprint density at radius 3 is 2.75 bits per heavy atom. The summed E-state index contributed by atoms with van der Waals surface area (Å²) in [5.41, 5.74) is -2.86. The van der Waals surface area contributed by atoms with Gasteiger partial charge in [-0.2, -0.15) is 13.2 Å². The van der Waals surface area contributed by atoms with Crippen LogP contribution in [0, 0.1) is 6.92 Å². The maximum Gasteiger partial charge on any atom is 0.441 e. The lowest BCUT2D eigenvalue weighted by molar-refractivity contribution is -0.131. The second-order valence-corrected chi connectivity index (χ2v) is 5.02. The van der Waals surface area contributed by atoms with E-state index in [1.54, 1.807) is 18.2 Å². The minimum absolute atomic E-state index is 0.110. The Kier molecular flexibility index (Phi) is 5.94. The molecule has 0 bridgehead atoms. The Bertz CT molecular complexity index is 498. The van der Waals surface area contributed by atoms with Gasteiger partial charge >= 0.3 is 11.5 Å². The van der Waals surface area contributed by atoms with E-state index in [0.29, 0.717) is 11.3 Å². The van der Waals surface area contributed by atoms with E-state index in [1.165, 1.54) is 6.08 Å². The van der Waals surface area contributed by atoms with E-state index in [1.807, 2.05) is 6.92 Å². The number of halogens is 3. The number of aryl methyl sites for hydroxylation is 1. The van der Waals surface area contributed by atoms with Gasteiger partial charge in [0.2, 0.25) is 0 Å². The number of benzene rings is 1. The molecule has 0 atom stereocenters. The van der Waals surface area contributed by atoms with Gasteiger partial charge in [-0.1, -0.05) is 11.6 Å². The summed E-state index contributed by atoms with van der Waals surface area (Å²) < 4.78 is 41.1. The minimum Gasteiger partial charge on any atom is -0.492 e. The van der Waals surface area contributed by atoms with Crippen LogP contribution in [0.1, 0.15) is 11.1 Å². The number of rotatable bonds is 6. The number of ether oxygens (including phenoxy) is 1. The summed E-state index contributed by atoms with van der Waals surface area (Å²) in [6, 6.07) is 5.05. The van der Waals surface area contributed by atoms with Crippen LogP contribution in [0.4, 0.5) is 13.2 Å². The third-order valence-electron chi connectivity index (χ3n) is 2.18. The molecular weight excluding hydrogens is 293 g/mol. The molecule has 0 spiro atoms. The summed E-state index contributed by atoms with van der Waals surface area (Å²) in [5, 5.41) is 8.58. The van der Waals surface area contributed by atoms with Gasteiger partial charge in [-0.15, -0.1) is 0 Å².